The van der Waals surface area contributed by atoms with Crippen LogP contribution in [0.3, 0.4) is 0 Å². The molecule has 0 aliphatic rings. The van der Waals surface area contributed by atoms with Crippen molar-refractivity contribution < 1.29 is 0 Å². The maximum absolute atomic E-state index is 11.6. The lowest BCUT2D eigenvalue weighted by molar-refractivity contribution is 1.01. The average molecular weight is 220 g/mol. The fourth-order valence-electron chi connectivity index (χ4n) is 1.62. The van der Waals surface area contributed by atoms with Crippen LogP contribution in [0.15, 0.2) is 22.6 Å². The Balaban J connectivity index is 2.68. The fourth-order valence-corrected chi connectivity index (χ4v) is 2.32. The summed E-state index contributed by atoms with van der Waals surface area (Å²) in [5.74, 6) is 0. The van der Waals surface area contributed by atoms with Gasteiger partial charge in [0.2, 0.25) is 0 Å². The zero-order valence-electron chi connectivity index (χ0n) is 8.70. The molecule has 0 spiro atoms. The summed E-state index contributed by atoms with van der Waals surface area (Å²) >= 11 is 1.67. The Labute approximate surface area is 91.8 Å². The number of hydrogen-bond acceptors (Lipinski definition) is 3. The molecule has 0 atom stereocenters. The minimum atomic E-state index is -0.0342. The molecule has 15 heavy (non-hydrogen) atoms. The summed E-state index contributed by atoms with van der Waals surface area (Å²) in [5.41, 5.74) is 2.62. The van der Waals surface area contributed by atoms with Gasteiger partial charge in [0.15, 0.2) is 0 Å². The number of aromatic amines is 1. The van der Waals surface area contributed by atoms with Crippen LogP contribution in [0.25, 0.3) is 11.3 Å². The molecule has 2 aromatic heterocycles. The van der Waals surface area contributed by atoms with Gasteiger partial charge in [0, 0.05) is 16.0 Å². The Morgan fingerprint density at radius 2 is 2.33 bits per heavy atom. The van der Waals surface area contributed by atoms with Crippen LogP contribution in [0.4, 0.5) is 0 Å². The van der Waals surface area contributed by atoms with Crippen LogP contribution in [0.5, 0.6) is 0 Å². The van der Waals surface area contributed by atoms with E-state index < -0.39 is 0 Å². The van der Waals surface area contributed by atoms with Crippen molar-refractivity contribution in [3.63, 3.8) is 0 Å². The second-order valence-electron chi connectivity index (χ2n) is 3.30. The third kappa shape index (κ3) is 1.72. The highest BCUT2D eigenvalue weighted by atomic mass is 32.1. The Morgan fingerprint density at radius 1 is 1.53 bits per heavy atom. The van der Waals surface area contributed by atoms with Crippen molar-refractivity contribution in [3.05, 3.63) is 38.6 Å². The molecule has 0 saturated heterocycles. The van der Waals surface area contributed by atoms with Crippen molar-refractivity contribution in [2.24, 2.45) is 0 Å². The van der Waals surface area contributed by atoms with Crippen LogP contribution >= 0.6 is 11.3 Å². The molecular weight excluding hydrogens is 208 g/mol. The van der Waals surface area contributed by atoms with E-state index in [1.165, 1.54) is 11.2 Å². The van der Waals surface area contributed by atoms with Crippen molar-refractivity contribution in [2.45, 2.75) is 20.3 Å². The predicted molar refractivity (Wildman–Crippen MR) is 62.3 cm³/mol. The van der Waals surface area contributed by atoms with E-state index in [2.05, 4.69) is 9.97 Å². The SMILES string of the molecule is CCc1c(-c2ccsc2C)nc[nH]c1=O. The molecule has 0 aliphatic carbocycles. The van der Waals surface area contributed by atoms with Crippen LogP contribution in [-0.4, -0.2) is 9.97 Å². The molecular formula is C11H12N2OS. The van der Waals surface area contributed by atoms with Crippen molar-refractivity contribution in [3.8, 4) is 11.3 Å². The van der Waals surface area contributed by atoms with E-state index >= 15 is 0 Å². The van der Waals surface area contributed by atoms with Gasteiger partial charge >= 0.3 is 0 Å². The van der Waals surface area contributed by atoms with Gasteiger partial charge in [-0.3, -0.25) is 4.79 Å². The van der Waals surface area contributed by atoms with E-state index in [0.717, 1.165) is 16.8 Å². The molecule has 0 unspecified atom stereocenters. The molecule has 0 fully saturated rings. The summed E-state index contributed by atoms with van der Waals surface area (Å²) in [6.07, 6.45) is 2.17. The van der Waals surface area contributed by atoms with Crippen molar-refractivity contribution in [1.82, 2.24) is 9.97 Å². The third-order valence-corrected chi connectivity index (χ3v) is 3.26. The number of hydrogen-bond donors (Lipinski definition) is 1. The summed E-state index contributed by atoms with van der Waals surface area (Å²) < 4.78 is 0. The van der Waals surface area contributed by atoms with Crippen LogP contribution in [0.1, 0.15) is 17.4 Å². The smallest absolute Gasteiger partial charge is 0.254 e. The van der Waals surface area contributed by atoms with Gasteiger partial charge in [-0.05, 0) is 24.8 Å². The van der Waals surface area contributed by atoms with Gasteiger partial charge in [-0.15, -0.1) is 11.3 Å². The molecule has 0 aliphatic heterocycles. The highest BCUT2D eigenvalue weighted by molar-refractivity contribution is 7.10. The maximum Gasteiger partial charge on any atom is 0.254 e. The molecule has 0 saturated carbocycles. The topological polar surface area (TPSA) is 45.8 Å². The van der Waals surface area contributed by atoms with E-state index in [1.54, 1.807) is 11.3 Å². The summed E-state index contributed by atoms with van der Waals surface area (Å²) in [6.45, 7) is 4.01. The minimum Gasteiger partial charge on any atom is -0.313 e. The van der Waals surface area contributed by atoms with Gasteiger partial charge in [-0.25, -0.2) is 4.98 Å². The molecule has 2 rings (SSSR count). The Hall–Kier alpha value is -1.42. The quantitative estimate of drug-likeness (QED) is 0.844. The van der Waals surface area contributed by atoms with Crippen molar-refractivity contribution in [1.29, 1.82) is 0 Å². The molecule has 2 aromatic rings. The van der Waals surface area contributed by atoms with Gasteiger partial charge in [0.05, 0.1) is 12.0 Å². The first-order valence-electron chi connectivity index (χ1n) is 4.85. The highest BCUT2D eigenvalue weighted by Gasteiger charge is 2.11. The first-order valence-corrected chi connectivity index (χ1v) is 5.73. The summed E-state index contributed by atoms with van der Waals surface area (Å²) in [6, 6.07) is 2.01. The van der Waals surface area contributed by atoms with Gasteiger partial charge in [-0.2, -0.15) is 0 Å². The van der Waals surface area contributed by atoms with Crippen molar-refractivity contribution >= 4 is 11.3 Å². The minimum absolute atomic E-state index is 0.0342. The van der Waals surface area contributed by atoms with E-state index in [-0.39, 0.29) is 5.56 Å². The van der Waals surface area contributed by atoms with E-state index in [1.807, 2.05) is 25.3 Å². The van der Waals surface area contributed by atoms with Crippen LogP contribution in [0, 0.1) is 6.92 Å². The molecule has 4 heteroatoms. The molecule has 78 valence electrons. The zero-order valence-corrected chi connectivity index (χ0v) is 9.52. The van der Waals surface area contributed by atoms with Gasteiger partial charge in [0.1, 0.15) is 0 Å². The van der Waals surface area contributed by atoms with Crippen LogP contribution < -0.4 is 5.56 Å². The largest absolute Gasteiger partial charge is 0.313 e. The predicted octanol–water partition coefficient (Wildman–Crippen LogP) is 2.37. The number of nitrogens with one attached hydrogen (secondary N) is 1. The number of thiophene rings is 1. The number of H-pyrrole nitrogens is 1. The molecule has 0 amide bonds. The Kier molecular flexibility index (Phi) is 2.68. The second-order valence-corrected chi connectivity index (χ2v) is 4.42. The first-order chi connectivity index (χ1) is 7.24. The summed E-state index contributed by atoms with van der Waals surface area (Å²) in [5, 5.41) is 2.02. The summed E-state index contributed by atoms with van der Waals surface area (Å²) in [4.78, 5) is 19.7. The molecule has 0 aromatic carbocycles. The van der Waals surface area contributed by atoms with Gasteiger partial charge < -0.3 is 4.98 Å². The van der Waals surface area contributed by atoms with Crippen molar-refractivity contribution in [2.75, 3.05) is 0 Å². The number of rotatable bonds is 2. The van der Waals surface area contributed by atoms with Gasteiger partial charge in [0.25, 0.3) is 5.56 Å². The zero-order chi connectivity index (χ0) is 10.8. The lowest BCUT2D eigenvalue weighted by atomic mass is 10.1. The number of aromatic nitrogens is 2. The normalized spacial score (nSPS) is 10.5. The third-order valence-electron chi connectivity index (χ3n) is 2.42. The average Bonchev–Trinajstić information content (AvgIpc) is 2.64. The maximum atomic E-state index is 11.6. The second kappa shape index (κ2) is 3.98. The molecule has 0 bridgehead atoms. The molecule has 3 nitrogen and oxygen atoms in total. The molecule has 2 heterocycles. The number of nitrogens with zero attached hydrogens (tertiary/aromatic N) is 1. The summed E-state index contributed by atoms with van der Waals surface area (Å²) in [7, 11) is 0. The Bertz CT molecular complexity index is 527. The van der Waals surface area contributed by atoms with E-state index in [0.29, 0.717) is 6.42 Å². The van der Waals surface area contributed by atoms with E-state index in [9.17, 15) is 4.79 Å². The Morgan fingerprint density at radius 3 is 2.93 bits per heavy atom. The van der Waals surface area contributed by atoms with Crippen LogP contribution in [0.2, 0.25) is 0 Å². The lowest BCUT2D eigenvalue weighted by Gasteiger charge is -2.04. The van der Waals surface area contributed by atoms with E-state index in [4.69, 9.17) is 0 Å². The van der Waals surface area contributed by atoms with Crippen LogP contribution in [-0.2, 0) is 6.42 Å². The highest BCUT2D eigenvalue weighted by Crippen LogP contribution is 2.26. The molecule has 1 N–H and O–H groups in total. The van der Waals surface area contributed by atoms with Gasteiger partial charge in [-0.1, -0.05) is 6.92 Å². The fraction of sp³-hybridized carbons (Fsp3) is 0.273. The number of aryl methyl sites for hydroxylation is 1. The molecule has 0 radical (unpaired) electrons. The monoisotopic (exact) mass is 220 g/mol. The standard InChI is InChI=1S/C11H12N2OS/c1-3-8-10(12-6-13-11(8)14)9-4-5-15-7(9)2/h4-6H,3H2,1-2H3,(H,12,13,14). The lowest BCUT2D eigenvalue weighted by Crippen LogP contribution is -2.14. The first kappa shape index (κ1) is 10.1.